The lowest BCUT2D eigenvalue weighted by atomic mass is 9.97. The third-order valence-corrected chi connectivity index (χ3v) is 7.90. The van der Waals surface area contributed by atoms with Gasteiger partial charge in [-0.1, -0.05) is 12.8 Å². The van der Waals surface area contributed by atoms with Gasteiger partial charge in [0, 0.05) is 36.6 Å². The highest BCUT2D eigenvalue weighted by molar-refractivity contribution is 7.99. The van der Waals surface area contributed by atoms with E-state index in [1.807, 2.05) is 11.8 Å². The maximum absolute atomic E-state index is 12.1. The summed E-state index contributed by atoms with van der Waals surface area (Å²) in [5.74, 6) is 1.20. The van der Waals surface area contributed by atoms with Crippen molar-refractivity contribution in [3.63, 3.8) is 0 Å². The number of rotatable bonds is 7. The van der Waals surface area contributed by atoms with Crippen LogP contribution in [-0.2, 0) is 14.8 Å². The largest absolute Gasteiger partial charge is 0.355 e. The third-order valence-electron chi connectivity index (χ3n) is 4.64. The average molecular weight is 349 g/mol. The molecule has 1 saturated carbocycles. The van der Waals surface area contributed by atoms with Crippen LogP contribution in [0.2, 0.25) is 0 Å². The van der Waals surface area contributed by atoms with Gasteiger partial charge < -0.3 is 5.32 Å². The van der Waals surface area contributed by atoms with Crippen LogP contribution >= 0.6 is 11.8 Å². The number of carbonyl (C=O) groups excluding carboxylic acids is 1. The molecular formula is C15H28N2O3S2. The second kappa shape index (κ2) is 8.55. The van der Waals surface area contributed by atoms with Gasteiger partial charge in [-0.25, -0.2) is 12.7 Å². The zero-order valence-corrected chi connectivity index (χ0v) is 15.1. The number of piperidine rings is 1. The molecule has 2 aliphatic rings. The highest BCUT2D eigenvalue weighted by Crippen LogP contribution is 2.29. The molecule has 7 heteroatoms. The van der Waals surface area contributed by atoms with Gasteiger partial charge in [0.05, 0.1) is 5.75 Å². The van der Waals surface area contributed by atoms with Crippen LogP contribution in [0.25, 0.3) is 0 Å². The maximum Gasteiger partial charge on any atom is 0.223 e. The van der Waals surface area contributed by atoms with E-state index in [-0.39, 0.29) is 17.6 Å². The van der Waals surface area contributed by atoms with Gasteiger partial charge in [0.1, 0.15) is 0 Å². The molecule has 2 rings (SSSR count). The Labute approximate surface area is 138 Å². The van der Waals surface area contributed by atoms with E-state index in [1.165, 1.54) is 30.0 Å². The van der Waals surface area contributed by atoms with Crippen LogP contribution in [0.1, 0.15) is 45.4 Å². The molecular weight excluding hydrogens is 320 g/mol. The number of sulfonamides is 1. The van der Waals surface area contributed by atoms with Crippen molar-refractivity contribution in [3.05, 3.63) is 0 Å². The van der Waals surface area contributed by atoms with E-state index in [4.69, 9.17) is 0 Å². The van der Waals surface area contributed by atoms with E-state index >= 15 is 0 Å². The van der Waals surface area contributed by atoms with Gasteiger partial charge in [-0.05, 0) is 32.6 Å². The summed E-state index contributed by atoms with van der Waals surface area (Å²) >= 11 is 1.98. The Hall–Kier alpha value is -0.270. The molecule has 0 unspecified atom stereocenters. The van der Waals surface area contributed by atoms with Crippen molar-refractivity contribution in [1.29, 1.82) is 0 Å². The molecule has 2 fully saturated rings. The monoisotopic (exact) mass is 348 g/mol. The first kappa shape index (κ1) is 18.1. The van der Waals surface area contributed by atoms with Gasteiger partial charge in [0.25, 0.3) is 0 Å². The molecule has 1 aliphatic carbocycles. The van der Waals surface area contributed by atoms with Gasteiger partial charge in [-0.3, -0.25) is 4.79 Å². The topological polar surface area (TPSA) is 66.5 Å². The number of nitrogens with zero attached hydrogens (tertiary/aromatic N) is 1. The van der Waals surface area contributed by atoms with Gasteiger partial charge in [-0.15, -0.1) is 0 Å². The fraction of sp³-hybridized carbons (Fsp3) is 0.933. The Balaban J connectivity index is 1.62. The summed E-state index contributed by atoms with van der Waals surface area (Å²) in [6.45, 7) is 3.35. The second-order valence-electron chi connectivity index (χ2n) is 6.14. The van der Waals surface area contributed by atoms with Gasteiger partial charge in [0.2, 0.25) is 15.9 Å². The Morgan fingerprint density at radius 2 is 1.82 bits per heavy atom. The molecule has 0 spiro atoms. The molecule has 22 heavy (non-hydrogen) atoms. The number of carbonyl (C=O) groups is 1. The quantitative estimate of drug-likeness (QED) is 0.713. The van der Waals surface area contributed by atoms with Crippen molar-refractivity contribution in [2.45, 2.75) is 50.7 Å². The van der Waals surface area contributed by atoms with E-state index in [9.17, 15) is 13.2 Å². The molecule has 0 radical (unpaired) electrons. The smallest absolute Gasteiger partial charge is 0.223 e. The second-order valence-corrected chi connectivity index (χ2v) is 9.81. The highest BCUT2D eigenvalue weighted by Gasteiger charge is 2.29. The van der Waals surface area contributed by atoms with Crippen molar-refractivity contribution in [2.24, 2.45) is 5.92 Å². The molecule has 5 nitrogen and oxygen atoms in total. The maximum atomic E-state index is 12.1. The van der Waals surface area contributed by atoms with Crippen LogP contribution in [-0.4, -0.2) is 55.0 Å². The van der Waals surface area contributed by atoms with E-state index in [2.05, 4.69) is 5.32 Å². The molecule has 0 atom stereocenters. The molecule has 0 bridgehead atoms. The van der Waals surface area contributed by atoms with Crippen molar-refractivity contribution >= 4 is 27.7 Å². The van der Waals surface area contributed by atoms with Crippen LogP contribution in [0.5, 0.6) is 0 Å². The van der Waals surface area contributed by atoms with Crippen molar-refractivity contribution < 1.29 is 13.2 Å². The predicted molar refractivity (Wildman–Crippen MR) is 91.5 cm³/mol. The summed E-state index contributed by atoms with van der Waals surface area (Å²) in [5, 5.41) is 3.81. The molecule has 1 N–H and O–H groups in total. The Kier molecular flexibility index (Phi) is 7.02. The molecule has 0 aromatic rings. The first-order valence-electron chi connectivity index (χ1n) is 8.40. The lowest BCUT2D eigenvalue weighted by molar-refractivity contribution is -0.125. The molecule has 1 heterocycles. The highest BCUT2D eigenvalue weighted by atomic mass is 32.2. The van der Waals surface area contributed by atoms with Crippen LogP contribution in [0.15, 0.2) is 0 Å². The van der Waals surface area contributed by atoms with Crippen LogP contribution < -0.4 is 5.32 Å². The summed E-state index contributed by atoms with van der Waals surface area (Å²) < 4.78 is 25.1. The molecule has 128 valence electrons. The summed E-state index contributed by atoms with van der Waals surface area (Å²) in [4.78, 5) is 12.1. The Morgan fingerprint density at radius 1 is 1.18 bits per heavy atom. The summed E-state index contributed by atoms with van der Waals surface area (Å²) in [5.41, 5.74) is 0. The number of amides is 1. The molecule has 0 aromatic carbocycles. The van der Waals surface area contributed by atoms with Crippen LogP contribution in [0.4, 0.5) is 0 Å². The van der Waals surface area contributed by atoms with Crippen molar-refractivity contribution in [2.75, 3.05) is 31.1 Å². The fourth-order valence-corrected chi connectivity index (χ4v) is 5.53. The van der Waals surface area contributed by atoms with Crippen LogP contribution in [0, 0.1) is 5.92 Å². The minimum Gasteiger partial charge on any atom is -0.355 e. The van der Waals surface area contributed by atoms with Gasteiger partial charge >= 0.3 is 0 Å². The molecule has 1 saturated heterocycles. The lowest BCUT2D eigenvalue weighted by Crippen LogP contribution is -2.43. The van der Waals surface area contributed by atoms with E-state index in [0.717, 1.165) is 17.5 Å². The number of nitrogens with one attached hydrogen (secondary N) is 1. The van der Waals surface area contributed by atoms with E-state index in [0.29, 0.717) is 25.9 Å². The predicted octanol–water partition coefficient (Wildman–Crippen LogP) is 1.84. The molecule has 0 aromatic heterocycles. The molecule has 1 aliphatic heterocycles. The first-order chi connectivity index (χ1) is 10.5. The van der Waals surface area contributed by atoms with Crippen molar-refractivity contribution in [1.82, 2.24) is 9.62 Å². The zero-order valence-electron chi connectivity index (χ0n) is 13.4. The fourth-order valence-electron chi connectivity index (χ4n) is 3.18. The van der Waals surface area contributed by atoms with Crippen molar-refractivity contribution in [3.8, 4) is 0 Å². The SMILES string of the molecule is CCS(=O)(=O)N1CCC(C(=O)NCCSC2CCCC2)CC1. The summed E-state index contributed by atoms with van der Waals surface area (Å²) in [6, 6.07) is 0. The van der Waals surface area contributed by atoms with Gasteiger partial charge in [-0.2, -0.15) is 11.8 Å². The number of thioether (sulfide) groups is 1. The summed E-state index contributed by atoms with van der Waals surface area (Å²) in [7, 11) is -3.10. The Bertz CT molecular complexity index is 453. The average Bonchev–Trinajstić information content (AvgIpc) is 3.05. The number of hydrogen-bond donors (Lipinski definition) is 1. The first-order valence-corrected chi connectivity index (χ1v) is 11.1. The minimum atomic E-state index is -3.10. The van der Waals surface area contributed by atoms with Crippen LogP contribution in [0.3, 0.4) is 0 Å². The minimum absolute atomic E-state index is 0.0280. The zero-order chi connectivity index (χ0) is 16.0. The van der Waals surface area contributed by atoms with E-state index < -0.39 is 10.0 Å². The molecule has 1 amide bonds. The Morgan fingerprint density at radius 3 is 2.41 bits per heavy atom. The van der Waals surface area contributed by atoms with Gasteiger partial charge in [0.15, 0.2) is 0 Å². The normalized spacial score (nSPS) is 22.0. The summed E-state index contributed by atoms with van der Waals surface area (Å²) in [6.07, 6.45) is 6.63. The third kappa shape index (κ3) is 5.13. The lowest BCUT2D eigenvalue weighted by Gasteiger charge is -2.30. The van der Waals surface area contributed by atoms with E-state index in [1.54, 1.807) is 6.92 Å². The number of hydrogen-bond acceptors (Lipinski definition) is 4. The standard InChI is InChI=1S/C15H28N2O3S2/c1-2-22(19,20)17-10-7-13(8-11-17)15(18)16-9-12-21-14-5-3-4-6-14/h13-14H,2-12H2,1H3,(H,16,18).